The molecule has 0 atom stereocenters. The minimum Gasteiger partial charge on any atom is -0.326 e. The third-order valence-corrected chi connectivity index (χ3v) is 2.48. The van der Waals surface area contributed by atoms with Gasteiger partial charge in [0.1, 0.15) is 0 Å². The summed E-state index contributed by atoms with van der Waals surface area (Å²) in [6.07, 6.45) is 0. The highest BCUT2D eigenvalue weighted by molar-refractivity contribution is 7.14. The summed E-state index contributed by atoms with van der Waals surface area (Å²) < 4.78 is 0. The van der Waals surface area contributed by atoms with E-state index in [0.29, 0.717) is 12.4 Å². The van der Waals surface area contributed by atoms with Gasteiger partial charge in [0.15, 0.2) is 5.84 Å². The molecule has 0 aliphatic heterocycles. The van der Waals surface area contributed by atoms with Gasteiger partial charge in [-0.15, -0.1) is 11.3 Å². The molecule has 1 rings (SSSR count). The van der Waals surface area contributed by atoms with Crippen molar-refractivity contribution >= 4 is 17.2 Å². The molecular formula is C6H11N5S. The Hall–Kier alpha value is -1.11. The van der Waals surface area contributed by atoms with E-state index in [1.165, 1.54) is 11.3 Å². The molecule has 66 valence electrons. The van der Waals surface area contributed by atoms with E-state index in [-0.39, 0.29) is 0 Å². The van der Waals surface area contributed by atoms with Gasteiger partial charge in [0, 0.05) is 11.4 Å². The molecule has 0 unspecified atom stereocenters. The molecule has 0 amide bonds. The van der Waals surface area contributed by atoms with Gasteiger partial charge in [0.05, 0.1) is 4.88 Å². The molecule has 0 saturated carbocycles. The predicted molar refractivity (Wildman–Crippen MR) is 50.3 cm³/mol. The van der Waals surface area contributed by atoms with E-state index in [1.807, 2.05) is 12.1 Å². The van der Waals surface area contributed by atoms with E-state index in [9.17, 15) is 0 Å². The van der Waals surface area contributed by atoms with Gasteiger partial charge in [-0.2, -0.15) is 5.10 Å². The zero-order chi connectivity index (χ0) is 8.97. The maximum atomic E-state index is 5.43. The summed E-state index contributed by atoms with van der Waals surface area (Å²) in [4.78, 5) is 1.96. The summed E-state index contributed by atoms with van der Waals surface area (Å²) in [5.74, 6) is 10.7. The van der Waals surface area contributed by atoms with Crippen LogP contribution in [0.25, 0.3) is 0 Å². The lowest BCUT2D eigenvalue weighted by Gasteiger charge is -1.98. The smallest absolute Gasteiger partial charge is 0.176 e. The summed E-state index contributed by atoms with van der Waals surface area (Å²) in [5.41, 5.74) is 7.83. The van der Waals surface area contributed by atoms with Gasteiger partial charge in [-0.1, -0.05) is 0 Å². The fraction of sp³-hybridized carbons (Fsp3) is 0.167. The molecule has 0 aliphatic rings. The van der Waals surface area contributed by atoms with Crippen molar-refractivity contribution in [1.82, 2.24) is 5.43 Å². The first-order valence-corrected chi connectivity index (χ1v) is 4.17. The van der Waals surface area contributed by atoms with Crippen LogP contribution in [0.15, 0.2) is 17.2 Å². The summed E-state index contributed by atoms with van der Waals surface area (Å²) >= 11 is 1.51. The first-order valence-electron chi connectivity index (χ1n) is 3.35. The van der Waals surface area contributed by atoms with E-state index in [0.717, 1.165) is 9.75 Å². The maximum absolute atomic E-state index is 5.43. The van der Waals surface area contributed by atoms with Gasteiger partial charge in [0.25, 0.3) is 0 Å². The third kappa shape index (κ3) is 1.73. The molecule has 6 heteroatoms. The van der Waals surface area contributed by atoms with Crippen molar-refractivity contribution in [3.05, 3.63) is 21.9 Å². The first-order chi connectivity index (χ1) is 5.81. The Kier molecular flexibility index (Phi) is 3.03. The van der Waals surface area contributed by atoms with Crippen LogP contribution in [0.3, 0.4) is 0 Å². The van der Waals surface area contributed by atoms with Crippen LogP contribution in [-0.4, -0.2) is 5.84 Å². The standard InChI is InChI=1S/C6H11N5S/c7-3-4-1-2-5(12-4)6(10-8)11-9/h1-2H,3,7-9H2,(H,10,11). The molecule has 0 aliphatic carbocycles. The molecule has 1 aromatic rings. The van der Waals surface area contributed by atoms with Crippen LogP contribution in [0.2, 0.25) is 0 Å². The van der Waals surface area contributed by atoms with E-state index >= 15 is 0 Å². The quantitative estimate of drug-likeness (QED) is 0.211. The van der Waals surface area contributed by atoms with Crippen molar-refractivity contribution in [2.45, 2.75) is 6.54 Å². The first kappa shape index (κ1) is 8.98. The largest absolute Gasteiger partial charge is 0.326 e. The van der Waals surface area contributed by atoms with E-state index in [1.54, 1.807) is 0 Å². The molecule has 0 radical (unpaired) electrons. The van der Waals surface area contributed by atoms with Crippen molar-refractivity contribution < 1.29 is 0 Å². The number of hydrazine groups is 1. The zero-order valence-corrected chi connectivity index (χ0v) is 7.27. The third-order valence-electron chi connectivity index (χ3n) is 1.36. The second-order valence-electron chi connectivity index (χ2n) is 2.09. The Morgan fingerprint density at radius 3 is 2.75 bits per heavy atom. The SMILES string of the molecule is NCc1ccc(/C(=N/N)NN)s1. The molecule has 1 aromatic heterocycles. The Morgan fingerprint density at radius 1 is 1.58 bits per heavy atom. The van der Waals surface area contributed by atoms with Crippen molar-refractivity contribution in [2.75, 3.05) is 0 Å². The van der Waals surface area contributed by atoms with Gasteiger partial charge in [-0.25, -0.2) is 5.84 Å². The molecule has 0 spiro atoms. The highest BCUT2D eigenvalue weighted by Gasteiger charge is 2.03. The Morgan fingerprint density at radius 2 is 2.33 bits per heavy atom. The van der Waals surface area contributed by atoms with E-state index in [2.05, 4.69) is 10.5 Å². The normalized spacial score (nSPS) is 11.7. The zero-order valence-electron chi connectivity index (χ0n) is 6.45. The minimum absolute atomic E-state index is 0.472. The Bertz CT molecular complexity index is 279. The van der Waals surface area contributed by atoms with Crippen molar-refractivity contribution in [3.63, 3.8) is 0 Å². The van der Waals surface area contributed by atoms with Gasteiger partial charge < -0.3 is 17.0 Å². The molecule has 5 nitrogen and oxygen atoms in total. The van der Waals surface area contributed by atoms with E-state index in [4.69, 9.17) is 17.4 Å². The molecule has 1 heterocycles. The Balaban J connectivity index is 2.87. The van der Waals surface area contributed by atoms with Crippen molar-refractivity contribution in [2.24, 2.45) is 22.5 Å². The number of nitrogens with two attached hydrogens (primary N) is 3. The minimum atomic E-state index is 0.472. The lowest BCUT2D eigenvalue weighted by atomic mass is 10.4. The number of amidine groups is 1. The summed E-state index contributed by atoms with van der Waals surface area (Å²) in [7, 11) is 0. The molecular weight excluding hydrogens is 174 g/mol. The van der Waals surface area contributed by atoms with Gasteiger partial charge in [-0.05, 0) is 12.1 Å². The number of hydrogen-bond acceptors (Lipinski definition) is 5. The van der Waals surface area contributed by atoms with Gasteiger partial charge >= 0.3 is 0 Å². The fourth-order valence-electron chi connectivity index (χ4n) is 0.787. The summed E-state index contributed by atoms with van der Waals surface area (Å²) in [5, 5.41) is 3.47. The summed E-state index contributed by atoms with van der Waals surface area (Å²) in [6.45, 7) is 0.521. The average Bonchev–Trinajstić information content (AvgIpc) is 2.55. The van der Waals surface area contributed by atoms with Crippen LogP contribution in [0.5, 0.6) is 0 Å². The summed E-state index contributed by atoms with van der Waals surface area (Å²) in [6, 6.07) is 3.79. The van der Waals surface area contributed by atoms with Crippen LogP contribution in [0, 0.1) is 0 Å². The molecule has 0 fully saturated rings. The topological polar surface area (TPSA) is 102 Å². The van der Waals surface area contributed by atoms with Crippen LogP contribution < -0.4 is 22.8 Å². The number of hydrogen-bond donors (Lipinski definition) is 4. The van der Waals surface area contributed by atoms with Crippen molar-refractivity contribution in [3.8, 4) is 0 Å². The molecule has 12 heavy (non-hydrogen) atoms. The molecule has 0 aromatic carbocycles. The number of hydrazone groups is 1. The predicted octanol–water partition coefficient (Wildman–Crippen LogP) is -0.710. The van der Waals surface area contributed by atoms with Crippen LogP contribution in [-0.2, 0) is 6.54 Å². The van der Waals surface area contributed by atoms with E-state index < -0.39 is 0 Å². The molecule has 7 N–H and O–H groups in total. The van der Waals surface area contributed by atoms with Crippen LogP contribution >= 0.6 is 11.3 Å². The lowest BCUT2D eigenvalue weighted by Crippen LogP contribution is -2.31. The number of nitrogens with zero attached hydrogens (tertiary/aromatic N) is 1. The Labute approximate surface area is 74.2 Å². The van der Waals surface area contributed by atoms with Crippen molar-refractivity contribution in [1.29, 1.82) is 0 Å². The highest BCUT2D eigenvalue weighted by Crippen LogP contribution is 2.15. The highest BCUT2D eigenvalue weighted by atomic mass is 32.1. The van der Waals surface area contributed by atoms with Gasteiger partial charge in [-0.3, -0.25) is 0 Å². The van der Waals surface area contributed by atoms with Crippen LogP contribution in [0.4, 0.5) is 0 Å². The fourth-order valence-corrected chi connectivity index (χ4v) is 1.63. The maximum Gasteiger partial charge on any atom is 0.176 e. The monoisotopic (exact) mass is 185 g/mol. The number of thiophene rings is 1. The molecule has 0 saturated heterocycles. The number of rotatable bonds is 2. The van der Waals surface area contributed by atoms with Gasteiger partial charge in [0.2, 0.25) is 0 Å². The molecule has 0 bridgehead atoms. The second kappa shape index (κ2) is 4.05. The second-order valence-corrected chi connectivity index (χ2v) is 3.26. The average molecular weight is 185 g/mol. The number of nitrogens with one attached hydrogen (secondary N) is 1. The lowest BCUT2D eigenvalue weighted by molar-refractivity contribution is 1.01. The van der Waals surface area contributed by atoms with Crippen LogP contribution in [0.1, 0.15) is 9.75 Å².